The van der Waals surface area contributed by atoms with E-state index in [1.54, 1.807) is 26.0 Å². The lowest BCUT2D eigenvalue weighted by Gasteiger charge is -2.18. The number of carbonyl (C=O) groups is 1. The van der Waals surface area contributed by atoms with Gasteiger partial charge in [-0.1, -0.05) is 13.8 Å². The molecular weight excluding hydrogens is 208 g/mol. The van der Waals surface area contributed by atoms with Crippen molar-refractivity contribution in [1.29, 1.82) is 0 Å². The third-order valence-corrected chi connectivity index (χ3v) is 2.50. The average Bonchev–Trinajstić information content (AvgIpc) is 2.20. The fourth-order valence-electron chi connectivity index (χ4n) is 1.69. The predicted octanol–water partition coefficient (Wildman–Crippen LogP) is 2.22. The fraction of sp³-hybridized carbons (Fsp3) is 0.417. The number of aliphatic carboxylic acids is 1. The molecule has 0 saturated carbocycles. The van der Waals surface area contributed by atoms with Gasteiger partial charge in [0.15, 0.2) is 0 Å². The normalized spacial score (nSPS) is 12.5. The van der Waals surface area contributed by atoms with E-state index in [2.05, 4.69) is 0 Å². The number of methoxy groups -OCH3 is 1. The van der Waals surface area contributed by atoms with Crippen LogP contribution in [0, 0.1) is 5.92 Å². The highest BCUT2D eigenvalue weighted by atomic mass is 16.5. The molecule has 4 nitrogen and oxygen atoms in total. The van der Waals surface area contributed by atoms with Crippen LogP contribution in [0.3, 0.4) is 0 Å². The molecule has 88 valence electrons. The van der Waals surface area contributed by atoms with Crippen LogP contribution in [0.4, 0.5) is 0 Å². The third-order valence-electron chi connectivity index (χ3n) is 2.50. The molecule has 16 heavy (non-hydrogen) atoms. The van der Waals surface area contributed by atoms with Crippen LogP contribution in [0.2, 0.25) is 0 Å². The van der Waals surface area contributed by atoms with Crippen LogP contribution in [0.5, 0.6) is 11.5 Å². The van der Waals surface area contributed by atoms with Gasteiger partial charge in [0.05, 0.1) is 13.0 Å². The second-order valence-electron chi connectivity index (χ2n) is 3.98. The molecule has 0 bridgehead atoms. The van der Waals surface area contributed by atoms with E-state index in [-0.39, 0.29) is 11.7 Å². The molecule has 1 aromatic carbocycles. The zero-order chi connectivity index (χ0) is 12.3. The first-order valence-corrected chi connectivity index (χ1v) is 5.07. The Bertz CT molecular complexity index is 385. The van der Waals surface area contributed by atoms with Gasteiger partial charge in [0, 0.05) is 5.56 Å². The molecule has 0 aliphatic carbocycles. The molecule has 2 N–H and O–H groups in total. The highest BCUT2D eigenvalue weighted by Crippen LogP contribution is 2.34. The molecule has 0 heterocycles. The minimum atomic E-state index is -0.946. The SMILES string of the molecule is COc1ccc(O)c([C@@H](C(=O)O)C(C)C)c1. The minimum Gasteiger partial charge on any atom is -0.508 e. The maximum Gasteiger partial charge on any atom is 0.311 e. The number of phenolic OH excluding ortho intramolecular Hbond substituents is 1. The standard InChI is InChI=1S/C12H16O4/c1-7(2)11(12(14)15)9-6-8(16-3)4-5-10(9)13/h4-7,11,13H,1-3H3,(H,14,15)/t11-/m0/s1. The summed E-state index contributed by atoms with van der Waals surface area (Å²) in [5, 5.41) is 18.8. The first-order valence-electron chi connectivity index (χ1n) is 5.07. The van der Waals surface area contributed by atoms with Gasteiger partial charge in [-0.3, -0.25) is 4.79 Å². The van der Waals surface area contributed by atoms with Crippen molar-refractivity contribution >= 4 is 5.97 Å². The summed E-state index contributed by atoms with van der Waals surface area (Å²) in [5.41, 5.74) is 0.391. The number of ether oxygens (including phenoxy) is 1. The van der Waals surface area contributed by atoms with Gasteiger partial charge < -0.3 is 14.9 Å². The summed E-state index contributed by atoms with van der Waals surface area (Å²) in [6.45, 7) is 3.61. The van der Waals surface area contributed by atoms with Crippen LogP contribution in [-0.2, 0) is 4.79 Å². The number of benzene rings is 1. The molecule has 0 aliphatic heterocycles. The molecule has 0 unspecified atom stereocenters. The minimum absolute atomic E-state index is 0.0121. The Labute approximate surface area is 94.5 Å². The number of hydrogen-bond acceptors (Lipinski definition) is 3. The van der Waals surface area contributed by atoms with Crippen molar-refractivity contribution in [2.75, 3.05) is 7.11 Å². The molecule has 0 radical (unpaired) electrons. The van der Waals surface area contributed by atoms with Gasteiger partial charge in [0.25, 0.3) is 0 Å². The summed E-state index contributed by atoms with van der Waals surface area (Å²) in [6.07, 6.45) is 0. The average molecular weight is 224 g/mol. The largest absolute Gasteiger partial charge is 0.508 e. The lowest BCUT2D eigenvalue weighted by atomic mass is 9.88. The molecule has 1 aromatic rings. The number of aromatic hydroxyl groups is 1. The van der Waals surface area contributed by atoms with Gasteiger partial charge in [-0.25, -0.2) is 0 Å². The molecule has 0 fully saturated rings. The molecule has 4 heteroatoms. The molecule has 0 aliphatic rings. The summed E-state index contributed by atoms with van der Waals surface area (Å²) in [4.78, 5) is 11.1. The van der Waals surface area contributed by atoms with Crippen molar-refractivity contribution in [2.45, 2.75) is 19.8 Å². The predicted molar refractivity (Wildman–Crippen MR) is 59.9 cm³/mol. The number of phenols is 1. The zero-order valence-corrected chi connectivity index (χ0v) is 9.60. The van der Waals surface area contributed by atoms with E-state index in [4.69, 9.17) is 9.84 Å². The lowest BCUT2D eigenvalue weighted by molar-refractivity contribution is -0.139. The quantitative estimate of drug-likeness (QED) is 0.823. The maximum atomic E-state index is 11.1. The fourth-order valence-corrected chi connectivity index (χ4v) is 1.69. The van der Waals surface area contributed by atoms with E-state index in [0.717, 1.165) is 0 Å². The summed E-state index contributed by atoms with van der Waals surface area (Å²) >= 11 is 0. The maximum absolute atomic E-state index is 11.1. The Balaban J connectivity index is 3.22. The second-order valence-corrected chi connectivity index (χ2v) is 3.98. The van der Waals surface area contributed by atoms with Crippen LogP contribution < -0.4 is 4.74 Å². The Morgan fingerprint density at radius 1 is 1.38 bits per heavy atom. The highest BCUT2D eigenvalue weighted by molar-refractivity contribution is 5.77. The molecule has 1 atom stereocenters. The van der Waals surface area contributed by atoms with E-state index in [9.17, 15) is 9.90 Å². The van der Waals surface area contributed by atoms with Crippen molar-refractivity contribution in [2.24, 2.45) is 5.92 Å². The topological polar surface area (TPSA) is 66.8 Å². The number of rotatable bonds is 4. The molecule has 0 aromatic heterocycles. The first kappa shape index (κ1) is 12.4. The second kappa shape index (κ2) is 4.88. The van der Waals surface area contributed by atoms with Crippen molar-refractivity contribution < 1.29 is 19.7 Å². The zero-order valence-electron chi connectivity index (χ0n) is 9.60. The summed E-state index contributed by atoms with van der Waals surface area (Å²) < 4.78 is 5.02. The summed E-state index contributed by atoms with van der Waals surface area (Å²) in [6, 6.07) is 4.61. The highest BCUT2D eigenvalue weighted by Gasteiger charge is 2.26. The molecular formula is C12H16O4. The van der Waals surface area contributed by atoms with Crippen LogP contribution in [-0.4, -0.2) is 23.3 Å². The van der Waals surface area contributed by atoms with Gasteiger partial charge in [0.1, 0.15) is 11.5 Å². The summed E-state index contributed by atoms with van der Waals surface area (Å²) in [7, 11) is 1.50. The molecule has 0 amide bonds. The van der Waals surface area contributed by atoms with Crippen LogP contribution >= 0.6 is 0 Å². The Morgan fingerprint density at radius 2 is 2.00 bits per heavy atom. The van der Waals surface area contributed by atoms with Crippen LogP contribution in [0.25, 0.3) is 0 Å². The molecule has 1 rings (SSSR count). The van der Waals surface area contributed by atoms with E-state index in [0.29, 0.717) is 11.3 Å². The van der Waals surface area contributed by atoms with Crippen molar-refractivity contribution in [1.82, 2.24) is 0 Å². The summed E-state index contributed by atoms with van der Waals surface area (Å²) in [5.74, 6) is -1.24. The smallest absolute Gasteiger partial charge is 0.311 e. The number of hydrogen-bond donors (Lipinski definition) is 2. The van der Waals surface area contributed by atoms with E-state index in [1.807, 2.05) is 0 Å². The monoisotopic (exact) mass is 224 g/mol. The first-order chi connectivity index (χ1) is 7.47. The van der Waals surface area contributed by atoms with Crippen molar-refractivity contribution in [3.8, 4) is 11.5 Å². The van der Waals surface area contributed by atoms with Crippen LogP contribution in [0.15, 0.2) is 18.2 Å². The van der Waals surface area contributed by atoms with E-state index < -0.39 is 11.9 Å². The Hall–Kier alpha value is -1.71. The lowest BCUT2D eigenvalue weighted by Crippen LogP contribution is -2.17. The Kier molecular flexibility index (Phi) is 3.77. The van der Waals surface area contributed by atoms with Crippen molar-refractivity contribution in [3.63, 3.8) is 0 Å². The molecule has 0 saturated heterocycles. The van der Waals surface area contributed by atoms with Gasteiger partial charge in [-0.05, 0) is 24.1 Å². The van der Waals surface area contributed by atoms with Crippen molar-refractivity contribution in [3.05, 3.63) is 23.8 Å². The number of carboxylic acids is 1. The van der Waals surface area contributed by atoms with Gasteiger partial charge in [-0.2, -0.15) is 0 Å². The number of carboxylic acid groups (broad SMARTS) is 1. The van der Waals surface area contributed by atoms with E-state index in [1.165, 1.54) is 13.2 Å². The van der Waals surface area contributed by atoms with E-state index >= 15 is 0 Å². The Morgan fingerprint density at radius 3 is 2.44 bits per heavy atom. The van der Waals surface area contributed by atoms with Gasteiger partial charge >= 0.3 is 5.97 Å². The van der Waals surface area contributed by atoms with Crippen LogP contribution in [0.1, 0.15) is 25.3 Å². The van der Waals surface area contributed by atoms with Gasteiger partial charge in [0.2, 0.25) is 0 Å². The third kappa shape index (κ3) is 2.45. The van der Waals surface area contributed by atoms with Gasteiger partial charge in [-0.15, -0.1) is 0 Å². The molecule has 0 spiro atoms.